The van der Waals surface area contributed by atoms with Gasteiger partial charge in [-0.05, 0) is 46.1 Å². The molecule has 0 bridgehead atoms. The van der Waals surface area contributed by atoms with Gasteiger partial charge in [0.25, 0.3) is 0 Å². The third-order valence-electron chi connectivity index (χ3n) is 2.81. The van der Waals surface area contributed by atoms with Crippen LogP contribution < -0.4 is 0 Å². The van der Waals surface area contributed by atoms with E-state index in [9.17, 15) is 4.39 Å². The molecule has 0 aliphatic heterocycles. The van der Waals surface area contributed by atoms with Crippen molar-refractivity contribution in [1.82, 2.24) is 0 Å². The van der Waals surface area contributed by atoms with Gasteiger partial charge in [0.15, 0.2) is 0 Å². The predicted octanol–water partition coefficient (Wildman–Crippen LogP) is 6.64. The molecule has 0 nitrogen and oxygen atoms in total. The summed E-state index contributed by atoms with van der Waals surface area (Å²) >= 11 is 19.1. The Morgan fingerprint density at radius 2 is 1.84 bits per heavy atom. The molecule has 0 saturated carbocycles. The summed E-state index contributed by atoms with van der Waals surface area (Å²) in [6, 6.07) is 8.60. The minimum absolute atomic E-state index is 0.362. The van der Waals surface area contributed by atoms with E-state index in [1.54, 1.807) is 6.07 Å². The highest BCUT2D eigenvalue weighted by atomic mass is 79.9. The molecule has 1 unspecified atom stereocenters. The molecule has 0 heterocycles. The van der Waals surface area contributed by atoms with Crippen LogP contribution in [0, 0.1) is 12.7 Å². The van der Waals surface area contributed by atoms with Crippen molar-refractivity contribution in [3.05, 3.63) is 66.8 Å². The van der Waals surface area contributed by atoms with Gasteiger partial charge in [-0.3, -0.25) is 0 Å². The molecule has 0 aliphatic carbocycles. The molecular formula is C14H9Br2Cl2F. The Morgan fingerprint density at radius 3 is 2.53 bits per heavy atom. The van der Waals surface area contributed by atoms with Crippen molar-refractivity contribution < 1.29 is 4.39 Å². The summed E-state index contributed by atoms with van der Waals surface area (Å²) in [6.45, 7) is 1.96. The van der Waals surface area contributed by atoms with E-state index in [0.717, 1.165) is 15.6 Å². The first-order chi connectivity index (χ1) is 8.91. The van der Waals surface area contributed by atoms with Crippen LogP contribution in [-0.4, -0.2) is 0 Å². The van der Waals surface area contributed by atoms with Crippen molar-refractivity contribution >= 4 is 55.1 Å². The molecule has 5 heteroatoms. The van der Waals surface area contributed by atoms with Gasteiger partial charge in [-0.15, -0.1) is 11.6 Å². The predicted molar refractivity (Wildman–Crippen MR) is 85.7 cm³/mol. The highest BCUT2D eigenvalue weighted by molar-refractivity contribution is 9.10. The highest BCUT2D eigenvalue weighted by Crippen LogP contribution is 2.38. The van der Waals surface area contributed by atoms with E-state index in [1.165, 1.54) is 6.07 Å². The first-order valence-electron chi connectivity index (χ1n) is 5.45. The quantitative estimate of drug-likeness (QED) is 0.373. The number of hydrogen-bond donors (Lipinski definition) is 0. The van der Waals surface area contributed by atoms with Crippen LogP contribution >= 0.6 is 55.1 Å². The maximum absolute atomic E-state index is 14.0. The summed E-state index contributed by atoms with van der Waals surface area (Å²) in [5.74, 6) is -0.385. The SMILES string of the molecule is Cc1cccc(C(Cl)c2cc(Cl)c(Br)cc2F)c1Br. The molecule has 0 aliphatic rings. The Kier molecular flexibility index (Phi) is 4.93. The molecule has 0 fully saturated rings. The molecule has 0 spiro atoms. The van der Waals surface area contributed by atoms with Gasteiger partial charge >= 0.3 is 0 Å². The number of aryl methyl sites for hydroxylation is 1. The van der Waals surface area contributed by atoms with Crippen molar-refractivity contribution in [3.63, 3.8) is 0 Å². The van der Waals surface area contributed by atoms with Crippen LogP contribution in [0.1, 0.15) is 22.1 Å². The zero-order valence-electron chi connectivity index (χ0n) is 9.85. The van der Waals surface area contributed by atoms with Crippen molar-refractivity contribution in [2.75, 3.05) is 0 Å². The van der Waals surface area contributed by atoms with Crippen LogP contribution in [-0.2, 0) is 0 Å². The van der Waals surface area contributed by atoms with Crippen molar-refractivity contribution in [2.45, 2.75) is 12.3 Å². The van der Waals surface area contributed by atoms with E-state index >= 15 is 0 Å². The maximum Gasteiger partial charge on any atom is 0.129 e. The minimum atomic E-state index is -0.597. The molecule has 0 aromatic heterocycles. The van der Waals surface area contributed by atoms with E-state index in [1.807, 2.05) is 25.1 Å². The van der Waals surface area contributed by atoms with Crippen molar-refractivity contribution in [3.8, 4) is 0 Å². The fourth-order valence-corrected chi connectivity index (χ4v) is 3.23. The number of halogens is 5. The lowest BCUT2D eigenvalue weighted by molar-refractivity contribution is 0.611. The lowest BCUT2D eigenvalue weighted by Crippen LogP contribution is -1.99. The third kappa shape index (κ3) is 3.15. The zero-order chi connectivity index (χ0) is 14.2. The van der Waals surface area contributed by atoms with Crippen LogP contribution in [0.2, 0.25) is 5.02 Å². The Labute approximate surface area is 138 Å². The smallest absolute Gasteiger partial charge is 0.129 e. The number of rotatable bonds is 2. The fourth-order valence-electron chi connectivity index (χ4n) is 1.77. The molecule has 100 valence electrons. The average Bonchev–Trinajstić information content (AvgIpc) is 2.36. The highest BCUT2D eigenvalue weighted by Gasteiger charge is 2.19. The van der Waals surface area contributed by atoms with Gasteiger partial charge in [0.2, 0.25) is 0 Å². The van der Waals surface area contributed by atoms with Crippen LogP contribution in [0.5, 0.6) is 0 Å². The molecule has 0 amide bonds. The summed E-state index contributed by atoms with van der Waals surface area (Å²) < 4.78 is 15.4. The van der Waals surface area contributed by atoms with Gasteiger partial charge in [-0.1, -0.05) is 45.7 Å². The first kappa shape index (κ1) is 15.3. The van der Waals surface area contributed by atoms with Gasteiger partial charge in [0.1, 0.15) is 5.82 Å². The largest absolute Gasteiger partial charge is 0.207 e. The molecule has 0 saturated heterocycles. The number of hydrogen-bond acceptors (Lipinski definition) is 0. The van der Waals surface area contributed by atoms with Gasteiger partial charge in [-0.25, -0.2) is 4.39 Å². The second kappa shape index (κ2) is 6.13. The van der Waals surface area contributed by atoms with Crippen LogP contribution in [0.25, 0.3) is 0 Å². The molecule has 0 radical (unpaired) electrons. The van der Waals surface area contributed by atoms with Crippen LogP contribution in [0.4, 0.5) is 4.39 Å². The van der Waals surface area contributed by atoms with E-state index < -0.39 is 5.38 Å². The molecule has 19 heavy (non-hydrogen) atoms. The summed E-state index contributed by atoms with van der Waals surface area (Å²) in [4.78, 5) is 0. The molecule has 0 N–H and O–H groups in total. The second-order valence-corrected chi connectivity index (χ2v) is 6.62. The van der Waals surface area contributed by atoms with E-state index in [0.29, 0.717) is 15.1 Å². The van der Waals surface area contributed by atoms with Crippen LogP contribution in [0.15, 0.2) is 39.3 Å². The van der Waals surface area contributed by atoms with E-state index in [2.05, 4.69) is 31.9 Å². The molecule has 1 atom stereocenters. The summed E-state index contributed by atoms with van der Waals surface area (Å²) in [5.41, 5.74) is 2.23. The van der Waals surface area contributed by atoms with E-state index in [-0.39, 0.29) is 5.82 Å². The van der Waals surface area contributed by atoms with Gasteiger partial charge < -0.3 is 0 Å². The lowest BCUT2D eigenvalue weighted by atomic mass is 10.0. The van der Waals surface area contributed by atoms with Gasteiger partial charge in [-0.2, -0.15) is 0 Å². The first-order valence-corrected chi connectivity index (χ1v) is 7.85. The number of benzene rings is 2. The summed E-state index contributed by atoms with van der Waals surface area (Å²) in [6.07, 6.45) is 0. The standard InChI is InChI=1S/C14H9Br2Cl2F/c1-7-3-2-4-8(13(7)16)14(18)9-5-11(17)10(15)6-12(9)19/h2-6,14H,1H3. The zero-order valence-corrected chi connectivity index (χ0v) is 14.5. The Hall–Kier alpha value is -0.0900. The van der Waals surface area contributed by atoms with Crippen molar-refractivity contribution in [1.29, 1.82) is 0 Å². The Bertz CT molecular complexity index is 629. The lowest BCUT2D eigenvalue weighted by Gasteiger charge is -2.15. The number of alkyl halides is 1. The molecule has 2 rings (SSSR count). The summed E-state index contributed by atoms with van der Waals surface area (Å²) in [5, 5.41) is -0.161. The Balaban J connectivity index is 2.53. The molecule has 2 aromatic rings. The molecular weight excluding hydrogens is 418 g/mol. The summed E-state index contributed by atoms with van der Waals surface area (Å²) in [7, 11) is 0. The average molecular weight is 427 g/mol. The maximum atomic E-state index is 14.0. The third-order valence-corrected chi connectivity index (χ3v) is 5.56. The normalized spacial score (nSPS) is 12.5. The van der Waals surface area contributed by atoms with E-state index in [4.69, 9.17) is 23.2 Å². The fraction of sp³-hybridized carbons (Fsp3) is 0.143. The van der Waals surface area contributed by atoms with Crippen molar-refractivity contribution in [2.24, 2.45) is 0 Å². The minimum Gasteiger partial charge on any atom is -0.207 e. The van der Waals surface area contributed by atoms with Gasteiger partial charge in [0, 0.05) is 14.5 Å². The monoisotopic (exact) mass is 424 g/mol. The second-order valence-electron chi connectivity index (χ2n) is 4.13. The Morgan fingerprint density at radius 1 is 1.16 bits per heavy atom. The molecule has 2 aromatic carbocycles. The van der Waals surface area contributed by atoms with Gasteiger partial charge in [0.05, 0.1) is 10.4 Å². The topological polar surface area (TPSA) is 0 Å². The van der Waals surface area contributed by atoms with Crippen LogP contribution in [0.3, 0.4) is 0 Å².